The molecule has 0 radical (unpaired) electrons. The van der Waals surface area contributed by atoms with Gasteiger partial charge < -0.3 is 5.11 Å². The van der Waals surface area contributed by atoms with E-state index in [1.807, 2.05) is 19.9 Å². The molecule has 124 valence electrons. The number of carbonyl (C=O) groups excluding carboxylic acids is 1. The molecule has 3 heteroatoms. The van der Waals surface area contributed by atoms with Crippen LogP contribution in [0.2, 0.25) is 0 Å². The number of ketones is 1. The number of quaternary nitrogens is 1. The van der Waals surface area contributed by atoms with Crippen molar-refractivity contribution in [3.63, 3.8) is 0 Å². The summed E-state index contributed by atoms with van der Waals surface area (Å²) in [5, 5.41) is 15.3. The van der Waals surface area contributed by atoms with E-state index >= 15 is 0 Å². The maximum absolute atomic E-state index is 12.9. The van der Waals surface area contributed by atoms with Gasteiger partial charge in [0, 0.05) is 17.6 Å². The summed E-state index contributed by atoms with van der Waals surface area (Å²) in [6.07, 6.45) is 0.911. The van der Waals surface area contributed by atoms with Crippen LogP contribution in [0.3, 0.4) is 0 Å². The van der Waals surface area contributed by atoms with Crippen molar-refractivity contribution in [2.45, 2.75) is 32.7 Å². The Morgan fingerprint density at radius 2 is 1.75 bits per heavy atom. The normalized spacial score (nSPS) is 24.7. The molecule has 0 spiro atoms. The lowest BCUT2D eigenvalue weighted by molar-refractivity contribution is -0.313. The standard InChI is InChI=1S/C21H23NO2/c1-21(2)11-16(23)19(17(24)12-21)20-14-9-5-7-13-8-6-10-15(18(13)14)22(20,3)4/h5-10,20H,11-12H2,1-4H3/t20-/m0/s1. The summed E-state index contributed by atoms with van der Waals surface area (Å²) in [5.74, 6) is 0.0505. The molecule has 1 aliphatic heterocycles. The average Bonchev–Trinajstić information content (AvgIpc) is 2.69. The molecule has 0 saturated heterocycles. The summed E-state index contributed by atoms with van der Waals surface area (Å²) in [5.41, 5.74) is 2.57. The Hall–Kier alpha value is -2.13. The van der Waals surface area contributed by atoms with Crippen molar-refractivity contribution in [2.24, 2.45) is 5.41 Å². The predicted octanol–water partition coefficient (Wildman–Crippen LogP) is 3.46. The van der Waals surface area contributed by atoms with Crippen LogP contribution in [-0.2, 0) is 4.79 Å². The first-order chi connectivity index (χ1) is 11.2. The van der Waals surface area contributed by atoms with Crippen LogP contribution >= 0.6 is 0 Å². The fourth-order valence-electron chi connectivity index (χ4n) is 4.61. The van der Waals surface area contributed by atoms with E-state index in [9.17, 15) is 9.90 Å². The number of benzene rings is 2. The Bertz CT molecular complexity index is 900. The first-order valence-electron chi connectivity index (χ1n) is 8.51. The van der Waals surface area contributed by atoms with E-state index in [-0.39, 0.29) is 23.0 Å². The van der Waals surface area contributed by atoms with Gasteiger partial charge in [0.25, 0.3) is 0 Å². The maximum atomic E-state index is 12.9. The van der Waals surface area contributed by atoms with E-state index in [0.717, 1.165) is 5.56 Å². The third-order valence-corrected chi connectivity index (χ3v) is 5.63. The number of carbonyl (C=O) groups is 1. The number of rotatable bonds is 1. The summed E-state index contributed by atoms with van der Waals surface area (Å²) >= 11 is 0. The van der Waals surface area contributed by atoms with Crippen LogP contribution in [-0.4, -0.2) is 19.9 Å². The molecule has 0 fully saturated rings. The highest BCUT2D eigenvalue weighted by Gasteiger charge is 2.47. The van der Waals surface area contributed by atoms with Gasteiger partial charge in [-0.3, -0.25) is 9.28 Å². The van der Waals surface area contributed by atoms with Crippen LogP contribution in [0.1, 0.15) is 38.3 Å². The van der Waals surface area contributed by atoms with E-state index in [4.69, 9.17) is 0 Å². The number of likely N-dealkylation sites (N-methyl/N-ethyl adjacent to an activating group) is 1. The lowest BCUT2D eigenvalue weighted by Gasteiger charge is -2.41. The summed E-state index contributed by atoms with van der Waals surface area (Å²) in [4.78, 5) is 12.9. The minimum Gasteiger partial charge on any atom is -0.875 e. The Morgan fingerprint density at radius 1 is 1.08 bits per heavy atom. The van der Waals surface area contributed by atoms with Crippen LogP contribution in [0.5, 0.6) is 0 Å². The van der Waals surface area contributed by atoms with Crippen molar-refractivity contribution in [1.82, 2.24) is 4.48 Å². The Morgan fingerprint density at radius 3 is 2.42 bits per heavy atom. The highest BCUT2D eigenvalue weighted by atomic mass is 16.3. The molecule has 2 aromatic carbocycles. The van der Waals surface area contributed by atoms with Gasteiger partial charge in [0.2, 0.25) is 0 Å². The molecule has 4 rings (SSSR count). The number of hydrogen-bond donors (Lipinski definition) is 0. The molecule has 0 aromatic heterocycles. The van der Waals surface area contributed by atoms with Gasteiger partial charge in [-0.25, -0.2) is 0 Å². The lowest BCUT2D eigenvalue weighted by Crippen LogP contribution is -2.46. The van der Waals surface area contributed by atoms with Gasteiger partial charge >= 0.3 is 0 Å². The molecule has 2 aliphatic rings. The zero-order valence-electron chi connectivity index (χ0n) is 14.7. The zero-order chi connectivity index (χ0) is 17.3. The van der Waals surface area contributed by atoms with Crippen LogP contribution in [0.15, 0.2) is 47.7 Å². The van der Waals surface area contributed by atoms with Crippen LogP contribution < -0.4 is 9.59 Å². The lowest BCUT2D eigenvalue weighted by atomic mass is 9.74. The first-order valence-corrected chi connectivity index (χ1v) is 8.51. The molecule has 24 heavy (non-hydrogen) atoms. The molecule has 2 aromatic rings. The second kappa shape index (κ2) is 4.70. The minimum absolute atomic E-state index is 0.0252. The van der Waals surface area contributed by atoms with Crippen molar-refractivity contribution >= 4 is 22.2 Å². The zero-order valence-corrected chi connectivity index (χ0v) is 14.7. The third kappa shape index (κ3) is 1.97. The second-order valence-electron chi connectivity index (χ2n) is 8.44. The highest BCUT2D eigenvalue weighted by Crippen LogP contribution is 2.52. The summed E-state index contributed by atoms with van der Waals surface area (Å²) in [6, 6.07) is 12.3. The van der Waals surface area contributed by atoms with Gasteiger partial charge in [-0.2, -0.15) is 0 Å². The third-order valence-electron chi connectivity index (χ3n) is 5.63. The molecule has 1 aliphatic carbocycles. The largest absolute Gasteiger partial charge is 0.875 e. The van der Waals surface area contributed by atoms with Crippen molar-refractivity contribution < 1.29 is 9.90 Å². The van der Waals surface area contributed by atoms with Gasteiger partial charge in [-0.15, -0.1) is 5.76 Å². The van der Waals surface area contributed by atoms with E-state index in [0.29, 0.717) is 22.9 Å². The van der Waals surface area contributed by atoms with E-state index < -0.39 is 0 Å². The highest BCUT2D eigenvalue weighted by molar-refractivity contribution is 6.04. The predicted molar refractivity (Wildman–Crippen MR) is 95.4 cm³/mol. The molecular formula is C21H23NO2. The van der Waals surface area contributed by atoms with Crippen LogP contribution in [0, 0.1) is 5.41 Å². The van der Waals surface area contributed by atoms with Crippen molar-refractivity contribution in [3.8, 4) is 0 Å². The topological polar surface area (TPSA) is 40.1 Å². The van der Waals surface area contributed by atoms with Crippen molar-refractivity contribution in [3.05, 3.63) is 53.3 Å². The second-order valence-corrected chi connectivity index (χ2v) is 8.44. The van der Waals surface area contributed by atoms with Crippen molar-refractivity contribution in [2.75, 3.05) is 14.1 Å². The minimum atomic E-state index is -0.230. The van der Waals surface area contributed by atoms with Crippen molar-refractivity contribution in [1.29, 1.82) is 0 Å². The molecule has 3 nitrogen and oxygen atoms in total. The Kier molecular flexibility index (Phi) is 3.02. The fourth-order valence-corrected chi connectivity index (χ4v) is 4.61. The monoisotopic (exact) mass is 321 g/mol. The van der Waals surface area contributed by atoms with Crippen LogP contribution in [0.4, 0.5) is 5.69 Å². The molecule has 0 amide bonds. The first kappa shape index (κ1) is 15.4. The number of allylic oxidation sites excluding steroid dienone is 1. The summed E-state index contributed by atoms with van der Waals surface area (Å²) in [6.45, 7) is 4.01. The molecule has 0 N–H and O–H groups in total. The molecule has 0 unspecified atom stereocenters. The number of nitrogens with zero attached hydrogens (tertiary/aromatic N) is 1. The number of Topliss-reactive ketones (excluding diaryl/α,β-unsaturated/α-hetero) is 1. The quantitative estimate of drug-likeness (QED) is 0.755. The smallest absolute Gasteiger partial charge is 0.164 e. The summed E-state index contributed by atoms with van der Waals surface area (Å²) in [7, 11) is 4.21. The summed E-state index contributed by atoms with van der Waals surface area (Å²) < 4.78 is 0.532. The van der Waals surface area contributed by atoms with E-state index in [1.54, 1.807) is 0 Å². The average molecular weight is 321 g/mol. The van der Waals surface area contributed by atoms with Gasteiger partial charge in [-0.1, -0.05) is 44.2 Å². The molecular weight excluding hydrogens is 298 g/mol. The SMILES string of the molecule is CC1(C)CC(=O)C([C@@H]2c3cccc4cccc(c34)[N+]2(C)C)=C([O-])C1. The molecule has 0 bridgehead atoms. The van der Waals surface area contributed by atoms with Gasteiger partial charge in [0.05, 0.1) is 19.5 Å². The fraction of sp³-hybridized carbons (Fsp3) is 0.381. The van der Waals surface area contributed by atoms with E-state index in [1.165, 1.54) is 16.5 Å². The molecule has 1 heterocycles. The van der Waals surface area contributed by atoms with E-state index in [2.05, 4.69) is 44.4 Å². The Labute approximate surface area is 142 Å². The molecule has 0 saturated carbocycles. The number of hydrogen-bond acceptors (Lipinski definition) is 2. The van der Waals surface area contributed by atoms with Gasteiger partial charge in [0.15, 0.2) is 5.78 Å². The van der Waals surface area contributed by atoms with Crippen LogP contribution in [0.25, 0.3) is 10.8 Å². The van der Waals surface area contributed by atoms with Gasteiger partial charge in [0.1, 0.15) is 11.7 Å². The maximum Gasteiger partial charge on any atom is 0.164 e. The molecule has 1 atom stereocenters. The van der Waals surface area contributed by atoms with Gasteiger partial charge in [-0.05, 0) is 23.3 Å². The Balaban J connectivity index is 1.98.